The van der Waals surface area contributed by atoms with Gasteiger partial charge in [0, 0.05) is 20.6 Å². The van der Waals surface area contributed by atoms with Crippen molar-refractivity contribution >= 4 is 11.9 Å². The molecule has 1 atom stereocenters. The second kappa shape index (κ2) is 12.0. The van der Waals surface area contributed by atoms with Gasteiger partial charge in [-0.05, 0) is 25.5 Å². The number of amides is 1. The summed E-state index contributed by atoms with van der Waals surface area (Å²) in [5, 5.41) is 6.48. The molecule has 26 heavy (non-hydrogen) atoms. The van der Waals surface area contributed by atoms with Crippen LogP contribution in [0, 0.1) is 0 Å². The Morgan fingerprint density at radius 2 is 1.92 bits per heavy atom. The number of para-hydroxylation sites is 2. The number of likely N-dealkylation sites (N-methyl/N-ethyl adjacent to an activating group) is 1. The van der Waals surface area contributed by atoms with E-state index in [1.165, 1.54) is 4.90 Å². The molecule has 1 rings (SSSR count). The van der Waals surface area contributed by atoms with Gasteiger partial charge in [0.25, 0.3) is 0 Å². The standard InChI is InChI=1S/C19H32N4O3/c1-6-7-12-20-19(22-14-18(24)23(3)4)21-13-15(2)26-17-11-9-8-10-16(17)25-5/h8-11,15H,6-7,12-14H2,1-5H3,(H2,20,21,22). The summed E-state index contributed by atoms with van der Waals surface area (Å²) in [6, 6.07) is 7.55. The number of carbonyl (C=O) groups is 1. The van der Waals surface area contributed by atoms with E-state index < -0.39 is 0 Å². The van der Waals surface area contributed by atoms with E-state index in [0.29, 0.717) is 24.0 Å². The van der Waals surface area contributed by atoms with Crippen LogP contribution < -0.4 is 20.1 Å². The summed E-state index contributed by atoms with van der Waals surface area (Å²) in [6.07, 6.45) is 2.02. The summed E-state index contributed by atoms with van der Waals surface area (Å²) >= 11 is 0. The molecule has 0 bridgehead atoms. The molecule has 0 aliphatic heterocycles. The van der Waals surface area contributed by atoms with Crippen LogP contribution in [-0.4, -0.2) is 63.7 Å². The van der Waals surface area contributed by atoms with Crippen molar-refractivity contribution in [3.63, 3.8) is 0 Å². The van der Waals surface area contributed by atoms with E-state index in [-0.39, 0.29) is 18.6 Å². The highest BCUT2D eigenvalue weighted by molar-refractivity contribution is 5.84. The van der Waals surface area contributed by atoms with Crippen LogP contribution in [0.2, 0.25) is 0 Å². The molecule has 0 aliphatic carbocycles. The SMILES string of the molecule is CCCCNC(=NCC(=O)N(C)C)NCC(C)Oc1ccccc1OC. The van der Waals surface area contributed by atoms with Crippen molar-refractivity contribution in [2.75, 3.05) is 40.8 Å². The molecular weight excluding hydrogens is 332 g/mol. The monoisotopic (exact) mass is 364 g/mol. The predicted octanol–water partition coefficient (Wildman–Crippen LogP) is 1.89. The summed E-state index contributed by atoms with van der Waals surface area (Å²) in [4.78, 5) is 17.6. The van der Waals surface area contributed by atoms with Crippen molar-refractivity contribution in [2.24, 2.45) is 4.99 Å². The second-order valence-corrected chi connectivity index (χ2v) is 6.19. The number of hydrogen-bond donors (Lipinski definition) is 2. The van der Waals surface area contributed by atoms with E-state index in [2.05, 4.69) is 22.5 Å². The number of carbonyl (C=O) groups excluding carboxylic acids is 1. The van der Waals surface area contributed by atoms with Crippen LogP contribution in [0.15, 0.2) is 29.3 Å². The predicted molar refractivity (Wildman–Crippen MR) is 105 cm³/mol. The van der Waals surface area contributed by atoms with Crippen LogP contribution in [-0.2, 0) is 4.79 Å². The molecular formula is C19H32N4O3. The number of nitrogens with one attached hydrogen (secondary N) is 2. The van der Waals surface area contributed by atoms with Gasteiger partial charge >= 0.3 is 0 Å². The van der Waals surface area contributed by atoms with E-state index in [1.54, 1.807) is 21.2 Å². The zero-order valence-electron chi connectivity index (χ0n) is 16.5. The number of aliphatic imine (C=N–C) groups is 1. The summed E-state index contributed by atoms with van der Waals surface area (Å²) < 4.78 is 11.2. The van der Waals surface area contributed by atoms with Crippen LogP contribution in [0.4, 0.5) is 0 Å². The van der Waals surface area contributed by atoms with Crippen LogP contribution in [0.25, 0.3) is 0 Å². The van der Waals surface area contributed by atoms with Gasteiger partial charge in [-0.25, -0.2) is 4.99 Å². The highest BCUT2D eigenvalue weighted by atomic mass is 16.5. The minimum atomic E-state index is -0.103. The Kier molecular flexibility index (Phi) is 9.97. The largest absolute Gasteiger partial charge is 0.493 e. The molecule has 2 N–H and O–H groups in total. The lowest BCUT2D eigenvalue weighted by Crippen LogP contribution is -2.43. The van der Waals surface area contributed by atoms with E-state index in [0.717, 1.165) is 19.4 Å². The van der Waals surface area contributed by atoms with Gasteiger partial charge in [-0.2, -0.15) is 0 Å². The van der Waals surface area contributed by atoms with Gasteiger partial charge in [0.05, 0.1) is 13.7 Å². The third-order valence-electron chi connectivity index (χ3n) is 3.65. The molecule has 0 saturated heterocycles. The molecule has 0 saturated carbocycles. The highest BCUT2D eigenvalue weighted by Crippen LogP contribution is 2.26. The lowest BCUT2D eigenvalue weighted by atomic mass is 10.3. The third kappa shape index (κ3) is 8.09. The molecule has 0 aromatic heterocycles. The molecule has 1 unspecified atom stereocenters. The molecule has 0 aliphatic rings. The van der Waals surface area contributed by atoms with Gasteiger partial charge in [-0.3, -0.25) is 4.79 Å². The first-order chi connectivity index (χ1) is 12.5. The van der Waals surface area contributed by atoms with Gasteiger partial charge in [-0.15, -0.1) is 0 Å². The van der Waals surface area contributed by atoms with Gasteiger partial charge in [0.1, 0.15) is 12.6 Å². The molecule has 0 spiro atoms. The van der Waals surface area contributed by atoms with Gasteiger partial charge in [-0.1, -0.05) is 25.5 Å². The number of methoxy groups -OCH3 is 1. The van der Waals surface area contributed by atoms with E-state index >= 15 is 0 Å². The number of unbranched alkanes of at least 4 members (excludes halogenated alkanes) is 1. The van der Waals surface area contributed by atoms with E-state index in [1.807, 2.05) is 31.2 Å². The summed E-state index contributed by atoms with van der Waals surface area (Å²) in [5.41, 5.74) is 0. The van der Waals surface area contributed by atoms with Crippen molar-refractivity contribution in [3.05, 3.63) is 24.3 Å². The topological polar surface area (TPSA) is 75.2 Å². The fourth-order valence-electron chi connectivity index (χ4n) is 2.06. The van der Waals surface area contributed by atoms with Crippen LogP contribution in [0.5, 0.6) is 11.5 Å². The fourth-order valence-corrected chi connectivity index (χ4v) is 2.06. The van der Waals surface area contributed by atoms with Crippen molar-refractivity contribution in [2.45, 2.75) is 32.8 Å². The molecule has 0 radical (unpaired) electrons. The summed E-state index contributed by atoms with van der Waals surface area (Å²) in [7, 11) is 5.06. The Balaban J connectivity index is 2.60. The zero-order chi connectivity index (χ0) is 19.4. The lowest BCUT2D eigenvalue weighted by Gasteiger charge is -2.19. The zero-order valence-corrected chi connectivity index (χ0v) is 16.5. The minimum Gasteiger partial charge on any atom is -0.493 e. The fraction of sp³-hybridized carbons (Fsp3) is 0.579. The van der Waals surface area contributed by atoms with Crippen LogP contribution in [0.1, 0.15) is 26.7 Å². The van der Waals surface area contributed by atoms with Crippen LogP contribution in [0.3, 0.4) is 0 Å². The molecule has 0 fully saturated rings. The quantitative estimate of drug-likeness (QED) is 0.377. The highest BCUT2D eigenvalue weighted by Gasteiger charge is 2.10. The third-order valence-corrected chi connectivity index (χ3v) is 3.65. The number of benzene rings is 1. The van der Waals surface area contributed by atoms with E-state index in [4.69, 9.17) is 9.47 Å². The smallest absolute Gasteiger partial charge is 0.243 e. The first-order valence-corrected chi connectivity index (χ1v) is 8.99. The Hall–Kier alpha value is -2.44. The maximum Gasteiger partial charge on any atom is 0.243 e. The molecule has 7 nitrogen and oxygen atoms in total. The number of ether oxygens (including phenoxy) is 2. The number of rotatable bonds is 10. The van der Waals surface area contributed by atoms with Gasteiger partial charge in [0.15, 0.2) is 17.5 Å². The maximum atomic E-state index is 11.8. The molecule has 0 heterocycles. The average Bonchev–Trinajstić information content (AvgIpc) is 2.63. The maximum absolute atomic E-state index is 11.8. The lowest BCUT2D eigenvalue weighted by molar-refractivity contribution is -0.127. The Bertz CT molecular complexity index is 576. The number of hydrogen-bond acceptors (Lipinski definition) is 4. The van der Waals surface area contributed by atoms with Crippen molar-refractivity contribution < 1.29 is 14.3 Å². The Labute approximate surface area is 156 Å². The first-order valence-electron chi connectivity index (χ1n) is 8.99. The number of guanidine groups is 1. The van der Waals surface area contributed by atoms with Crippen molar-refractivity contribution in [1.29, 1.82) is 0 Å². The molecule has 1 aromatic rings. The summed E-state index contributed by atoms with van der Waals surface area (Å²) in [5.74, 6) is 1.97. The molecule has 1 amide bonds. The van der Waals surface area contributed by atoms with Crippen molar-refractivity contribution in [1.82, 2.24) is 15.5 Å². The van der Waals surface area contributed by atoms with Crippen molar-refractivity contribution in [3.8, 4) is 11.5 Å². The van der Waals surface area contributed by atoms with Gasteiger partial charge in [0.2, 0.25) is 5.91 Å². The minimum absolute atomic E-state index is 0.0417. The molecule has 146 valence electrons. The molecule has 1 aromatic carbocycles. The Morgan fingerprint density at radius 3 is 2.54 bits per heavy atom. The Morgan fingerprint density at radius 1 is 1.23 bits per heavy atom. The molecule has 7 heteroatoms. The first kappa shape index (κ1) is 21.6. The van der Waals surface area contributed by atoms with Gasteiger partial charge < -0.3 is 25.0 Å². The average molecular weight is 364 g/mol. The second-order valence-electron chi connectivity index (χ2n) is 6.19. The van der Waals surface area contributed by atoms with Crippen LogP contribution >= 0.6 is 0 Å². The summed E-state index contributed by atoms with van der Waals surface area (Å²) in [6.45, 7) is 5.56. The normalized spacial score (nSPS) is 12.3. The number of nitrogens with zero attached hydrogens (tertiary/aromatic N) is 2. The van der Waals surface area contributed by atoms with E-state index in [9.17, 15) is 4.79 Å².